The molecule has 4 nitrogen and oxygen atoms in total. The molecule has 0 aliphatic heterocycles. The van der Waals surface area contributed by atoms with Gasteiger partial charge in [0.1, 0.15) is 0 Å². The summed E-state index contributed by atoms with van der Waals surface area (Å²) in [6.07, 6.45) is 1.30. The molecule has 0 aliphatic carbocycles. The average Bonchev–Trinajstić information content (AvgIpc) is 2.85. The number of aromatic nitrogens is 2. The third kappa shape index (κ3) is 2.43. The van der Waals surface area contributed by atoms with Gasteiger partial charge in [0.25, 0.3) is 5.91 Å². The molecule has 2 aromatic heterocycles. The van der Waals surface area contributed by atoms with Crippen LogP contribution in [0.1, 0.15) is 10.4 Å². The minimum atomic E-state index is -0.629. The second kappa shape index (κ2) is 4.74. The van der Waals surface area contributed by atoms with Crippen LogP contribution in [0, 0.1) is 5.95 Å². The summed E-state index contributed by atoms with van der Waals surface area (Å²) in [6, 6.07) is 7.94. The van der Waals surface area contributed by atoms with E-state index in [1.54, 1.807) is 23.7 Å². The number of rotatable bonds is 2. The van der Waals surface area contributed by atoms with Crippen LogP contribution in [0.4, 0.5) is 10.1 Å². The summed E-state index contributed by atoms with van der Waals surface area (Å²) >= 11 is 1.47. The predicted octanol–water partition coefficient (Wildman–Crippen LogP) is 3.08. The molecule has 0 bridgehead atoms. The number of fused-ring (bicyclic) bond motifs is 1. The number of nitrogens with one attached hydrogen (secondary N) is 1. The van der Waals surface area contributed by atoms with Gasteiger partial charge < -0.3 is 5.32 Å². The monoisotopic (exact) mass is 273 g/mol. The molecule has 0 aliphatic rings. The molecule has 0 saturated heterocycles. The zero-order valence-corrected chi connectivity index (χ0v) is 10.4. The van der Waals surface area contributed by atoms with Crippen molar-refractivity contribution in [2.75, 3.05) is 5.32 Å². The molecule has 3 rings (SSSR count). The van der Waals surface area contributed by atoms with Crippen LogP contribution < -0.4 is 5.32 Å². The Bertz CT molecular complexity index is 756. The number of hydrogen-bond donors (Lipinski definition) is 1. The van der Waals surface area contributed by atoms with E-state index in [9.17, 15) is 9.18 Å². The van der Waals surface area contributed by atoms with Crippen LogP contribution >= 0.6 is 11.3 Å². The van der Waals surface area contributed by atoms with E-state index in [1.807, 2.05) is 0 Å². The predicted molar refractivity (Wildman–Crippen MR) is 71.8 cm³/mol. The molecule has 1 amide bonds. The standard InChI is InChI=1S/C13H8FN3OS/c14-12-6-9(3-4-15-12)17-13(18)8-1-2-10-11(5-8)19-7-16-10/h1-7H,(H,15,17,18). The third-order valence-electron chi connectivity index (χ3n) is 2.58. The summed E-state index contributed by atoms with van der Waals surface area (Å²) in [5.74, 6) is -0.920. The Morgan fingerprint density at radius 3 is 2.95 bits per heavy atom. The van der Waals surface area contributed by atoms with Crippen molar-refractivity contribution in [2.45, 2.75) is 0 Å². The highest BCUT2D eigenvalue weighted by atomic mass is 32.1. The number of hydrogen-bond acceptors (Lipinski definition) is 4. The second-order valence-electron chi connectivity index (χ2n) is 3.86. The molecule has 1 N–H and O–H groups in total. The first-order valence-electron chi connectivity index (χ1n) is 5.48. The fourth-order valence-corrected chi connectivity index (χ4v) is 2.40. The molecule has 2 heterocycles. The highest BCUT2D eigenvalue weighted by molar-refractivity contribution is 7.16. The number of anilines is 1. The molecular weight excluding hydrogens is 265 g/mol. The van der Waals surface area contributed by atoms with E-state index in [4.69, 9.17) is 0 Å². The Balaban J connectivity index is 1.87. The third-order valence-corrected chi connectivity index (χ3v) is 3.37. The van der Waals surface area contributed by atoms with E-state index in [0.717, 1.165) is 10.2 Å². The van der Waals surface area contributed by atoms with Crippen molar-refractivity contribution < 1.29 is 9.18 Å². The lowest BCUT2D eigenvalue weighted by Gasteiger charge is -2.04. The number of nitrogens with zero attached hydrogens (tertiary/aromatic N) is 2. The number of carbonyl (C=O) groups excluding carboxylic acids is 1. The summed E-state index contributed by atoms with van der Waals surface area (Å²) < 4.78 is 13.9. The largest absolute Gasteiger partial charge is 0.322 e. The molecule has 19 heavy (non-hydrogen) atoms. The van der Waals surface area contributed by atoms with Gasteiger partial charge in [0.15, 0.2) is 0 Å². The topological polar surface area (TPSA) is 54.9 Å². The van der Waals surface area contributed by atoms with Crippen LogP contribution in [0.25, 0.3) is 10.2 Å². The fourth-order valence-electron chi connectivity index (χ4n) is 1.68. The quantitative estimate of drug-likeness (QED) is 0.730. The highest BCUT2D eigenvalue weighted by Crippen LogP contribution is 2.19. The first-order chi connectivity index (χ1) is 9.22. The lowest BCUT2D eigenvalue weighted by Crippen LogP contribution is -2.11. The van der Waals surface area contributed by atoms with E-state index in [1.165, 1.54) is 29.7 Å². The van der Waals surface area contributed by atoms with Gasteiger partial charge in [-0.2, -0.15) is 4.39 Å². The van der Waals surface area contributed by atoms with Gasteiger partial charge in [0.05, 0.1) is 15.7 Å². The molecule has 0 fully saturated rings. The summed E-state index contributed by atoms with van der Waals surface area (Å²) in [4.78, 5) is 19.6. The van der Waals surface area contributed by atoms with Crippen molar-refractivity contribution in [1.82, 2.24) is 9.97 Å². The highest BCUT2D eigenvalue weighted by Gasteiger charge is 2.08. The SMILES string of the molecule is O=C(Nc1ccnc(F)c1)c1ccc2ncsc2c1. The molecule has 1 aromatic carbocycles. The average molecular weight is 273 g/mol. The van der Waals surface area contributed by atoms with Gasteiger partial charge in [-0.3, -0.25) is 4.79 Å². The van der Waals surface area contributed by atoms with Gasteiger partial charge in [-0.25, -0.2) is 9.97 Å². The van der Waals surface area contributed by atoms with Gasteiger partial charge >= 0.3 is 0 Å². The smallest absolute Gasteiger partial charge is 0.255 e. The van der Waals surface area contributed by atoms with Gasteiger partial charge in [0, 0.05) is 23.5 Å². The van der Waals surface area contributed by atoms with Gasteiger partial charge in [-0.15, -0.1) is 11.3 Å². The number of amides is 1. The molecule has 0 atom stereocenters. The molecule has 3 aromatic rings. The lowest BCUT2D eigenvalue weighted by atomic mass is 10.2. The van der Waals surface area contributed by atoms with Crippen LogP contribution in [0.3, 0.4) is 0 Å². The van der Waals surface area contributed by atoms with Crippen LogP contribution in [0.15, 0.2) is 42.0 Å². The van der Waals surface area contributed by atoms with E-state index in [2.05, 4.69) is 15.3 Å². The molecule has 94 valence electrons. The van der Waals surface area contributed by atoms with Crippen LogP contribution in [0.2, 0.25) is 0 Å². The number of pyridine rings is 1. The van der Waals surface area contributed by atoms with Gasteiger partial charge in [-0.1, -0.05) is 0 Å². The van der Waals surface area contributed by atoms with E-state index in [0.29, 0.717) is 11.3 Å². The summed E-state index contributed by atoms with van der Waals surface area (Å²) in [6.45, 7) is 0. The number of halogens is 1. The Hall–Kier alpha value is -2.34. The maximum Gasteiger partial charge on any atom is 0.255 e. The molecular formula is C13H8FN3OS. The van der Waals surface area contributed by atoms with Crippen LogP contribution in [0.5, 0.6) is 0 Å². The first kappa shape index (κ1) is 11.7. The number of benzene rings is 1. The molecule has 6 heteroatoms. The zero-order valence-electron chi connectivity index (χ0n) is 9.63. The summed E-state index contributed by atoms with van der Waals surface area (Å²) in [7, 11) is 0. The minimum Gasteiger partial charge on any atom is -0.322 e. The molecule has 0 unspecified atom stereocenters. The van der Waals surface area contributed by atoms with Crippen molar-refractivity contribution in [1.29, 1.82) is 0 Å². The van der Waals surface area contributed by atoms with Crippen molar-refractivity contribution in [3.8, 4) is 0 Å². The Morgan fingerprint density at radius 2 is 2.11 bits per heavy atom. The summed E-state index contributed by atoms with van der Waals surface area (Å²) in [5, 5.41) is 2.62. The summed E-state index contributed by atoms with van der Waals surface area (Å²) in [5.41, 5.74) is 3.47. The maximum atomic E-state index is 12.9. The Labute approximate surface area is 111 Å². The Morgan fingerprint density at radius 1 is 1.21 bits per heavy atom. The second-order valence-corrected chi connectivity index (χ2v) is 4.74. The van der Waals surface area contributed by atoms with E-state index < -0.39 is 5.95 Å². The van der Waals surface area contributed by atoms with Gasteiger partial charge in [0.2, 0.25) is 5.95 Å². The molecule has 0 spiro atoms. The number of carbonyl (C=O) groups is 1. The van der Waals surface area contributed by atoms with Crippen molar-refractivity contribution in [2.24, 2.45) is 0 Å². The minimum absolute atomic E-state index is 0.291. The van der Waals surface area contributed by atoms with Gasteiger partial charge in [-0.05, 0) is 24.3 Å². The lowest BCUT2D eigenvalue weighted by molar-refractivity contribution is 0.102. The normalized spacial score (nSPS) is 10.6. The maximum absolute atomic E-state index is 12.9. The van der Waals surface area contributed by atoms with Crippen molar-refractivity contribution >= 4 is 33.1 Å². The van der Waals surface area contributed by atoms with Crippen molar-refractivity contribution in [3.05, 3.63) is 53.6 Å². The van der Waals surface area contributed by atoms with Crippen LogP contribution in [-0.2, 0) is 0 Å². The fraction of sp³-hybridized carbons (Fsp3) is 0. The molecule has 0 saturated carbocycles. The Kier molecular flexibility index (Phi) is 2.92. The van der Waals surface area contributed by atoms with E-state index in [-0.39, 0.29) is 5.91 Å². The molecule has 0 radical (unpaired) electrons. The van der Waals surface area contributed by atoms with Crippen LogP contribution in [-0.4, -0.2) is 15.9 Å². The zero-order chi connectivity index (χ0) is 13.2. The van der Waals surface area contributed by atoms with E-state index >= 15 is 0 Å². The first-order valence-corrected chi connectivity index (χ1v) is 6.36. The van der Waals surface area contributed by atoms with Crippen molar-refractivity contribution in [3.63, 3.8) is 0 Å². The number of thiazole rings is 1.